The second-order valence-corrected chi connectivity index (χ2v) is 9.08. The highest BCUT2D eigenvalue weighted by Crippen LogP contribution is 2.29. The minimum atomic E-state index is -0.903. The van der Waals surface area contributed by atoms with E-state index in [1.807, 2.05) is 13.8 Å². The van der Waals surface area contributed by atoms with Gasteiger partial charge < -0.3 is 23.7 Å². The lowest BCUT2D eigenvalue weighted by molar-refractivity contribution is -0.139. The number of hydrogen-bond donors (Lipinski definition) is 0. The molecule has 2 aromatic rings. The van der Waals surface area contributed by atoms with E-state index in [2.05, 4.69) is 13.2 Å². The van der Waals surface area contributed by atoms with Gasteiger partial charge in [0.15, 0.2) is 0 Å². The van der Waals surface area contributed by atoms with Crippen LogP contribution in [0.15, 0.2) is 73.8 Å². The van der Waals surface area contributed by atoms with Crippen LogP contribution >= 0.6 is 0 Å². The molecule has 2 rings (SSSR count). The van der Waals surface area contributed by atoms with E-state index < -0.39 is 23.9 Å². The fourth-order valence-corrected chi connectivity index (χ4v) is 3.86. The highest BCUT2D eigenvalue weighted by atomic mass is 16.6. The van der Waals surface area contributed by atoms with Crippen LogP contribution in [-0.4, -0.2) is 49.3 Å². The summed E-state index contributed by atoms with van der Waals surface area (Å²) in [5, 5.41) is 0. The average Bonchev–Trinajstić information content (AvgIpc) is 2.98. The maximum absolute atomic E-state index is 13.2. The number of carbonyl (C=O) groups excluding carboxylic acids is 4. The van der Waals surface area contributed by atoms with Gasteiger partial charge in [-0.05, 0) is 43.2 Å². The summed E-state index contributed by atoms with van der Waals surface area (Å²) in [7, 11) is 0. The molecule has 0 heterocycles. The van der Waals surface area contributed by atoms with E-state index in [1.165, 1.54) is 6.07 Å². The predicted octanol–water partition coefficient (Wildman–Crippen LogP) is 6.02. The van der Waals surface area contributed by atoms with Gasteiger partial charge in [0.25, 0.3) is 0 Å². The Labute approximate surface area is 241 Å². The highest BCUT2D eigenvalue weighted by molar-refractivity contribution is 6.04. The molecule has 220 valence electrons. The van der Waals surface area contributed by atoms with Crippen LogP contribution in [0.4, 0.5) is 0 Å². The van der Waals surface area contributed by atoms with Crippen molar-refractivity contribution in [3.63, 3.8) is 0 Å². The molecule has 9 heteroatoms. The lowest BCUT2D eigenvalue weighted by Crippen LogP contribution is -2.22. The zero-order valence-corrected chi connectivity index (χ0v) is 23.7. The molecule has 0 aliphatic rings. The largest absolute Gasteiger partial charge is 0.490 e. The highest BCUT2D eigenvalue weighted by Gasteiger charge is 2.23. The number of hydrogen-bond acceptors (Lipinski definition) is 9. The van der Waals surface area contributed by atoms with Gasteiger partial charge >= 0.3 is 23.9 Å². The third kappa shape index (κ3) is 11.7. The average molecular weight is 567 g/mol. The van der Waals surface area contributed by atoms with Gasteiger partial charge in [0.05, 0.1) is 18.8 Å². The van der Waals surface area contributed by atoms with Crippen molar-refractivity contribution < 1.29 is 42.9 Å². The number of esters is 4. The van der Waals surface area contributed by atoms with Gasteiger partial charge in [-0.3, -0.25) is 0 Å². The van der Waals surface area contributed by atoms with Crippen LogP contribution in [0.2, 0.25) is 0 Å². The molecule has 0 saturated heterocycles. The molecule has 2 atom stereocenters. The van der Waals surface area contributed by atoms with Gasteiger partial charge in [-0.2, -0.15) is 0 Å². The maximum atomic E-state index is 13.2. The van der Waals surface area contributed by atoms with Crippen LogP contribution in [-0.2, 0) is 23.8 Å². The van der Waals surface area contributed by atoms with Crippen molar-refractivity contribution in [2.75, 3.05) is 13.2 Å². The monoisotopic (exact) mass is 566 g/mol. The van der Waals surface area contributed by atoms with Crippen molar-refractivity contribution in [2.45, 2.75) is 64.6 Å². The number of ether oxygens (including phenoxy) is 5. The molecule has 9 nitrogen and oxygen atoms in total. The summed E-state index contributed by atoms with van der Waals surface area (Å²) < 4.78 is 27.7. The minimum absolute atomic E-state index is 0.00399. The van der Waals surface area contributed by atoms with Gasteiger partial charge in [-0.15, -0.1) is 0 Å². The van der Waals surface area contributed by atoms with E-state index in [0.29, 0.717) is 31.4 Å². The summed E-state index contributed by atoms with van der Waals surface area (Å²) in [6, 6.07) is 12.9. The molecular formula is C32H38O9. The molecule has 0 N–H and O–H groups in total. The Morgan fingerprint density at radius 2 is 1.29 bits per heavy atom. The first kappa shape index (κ1) is 32.8. The molecule has 0 amide bonds. The zero-order chi connectivity index (χ0) is 30.0. The van der Waals surface area contributed by atoms with Crippen molar-refractivity contribution in [1.82, 2.24) is 0 Å². The quantitative estimate of drug-likeness (QED) is 0.0925. The zero-order valence-electron chi connectivity index (χ0n) is 23.7. The molecule has 0 bridgehead atoms. The van der Waals surface area contributed by atoms with Crippen LogP contribution in [0.5, 0.6) is 11.5 Å². The Bertz CT molecular complexity index is 1170. The van der Waals surface area contributed by atoms with Gasteiger partial charge in [-0.1, -0.05) is 58.0 Å². The van der Waals surface area contributed by atoms with E-state index in [4.69, 9.17) is 23.7 Å². The summed E-state index contributed by atoms with van der Waals surface area (Å²) in [6.45, 7) is 11.0. The first-order chi connectivity index (χ1) is 19.8. The smallest absolute Gasteiger partial charge is 0.349 e. The van der Waals surface area contributed by atoms with E-state index >= 15 is 0 Å². The van der Waals surface area contributed by atoms with Crippen molar-refractivity contribution >= 4 is 23.9 Å². The van der Waals surface area contributed by atoms with Gasteiger partial charge in [0, 0.05) is 25.0 Å². The SMILES string of the molecule is C=CC(=O)OCCC(CCC)Oc1ccc(OC(CCC)CCOC(=O)C=C)c(C(=O)OC(=O)c2ccccc2)c1. The molecule has 0 aromatic heterocycles. The number of rotatable bonds is 18. The van der Waals surface area contributed by atoms with Crippen LogP contribution in [0.1, 0.15) is 73.1 Å². The van der Waals surface area contributed by atoms with Crippen molar-refractivity contribution in [3.05, 3.63) is 85.0 Å². The van der Waals surface area contributed by atoms with E-state index in [-0.39, 0.29) is 42.3 Å². The second-order valence-electron chi connectivity index (χ2n) is 9.08. The van der Waals surface area contributed by atoms with Gasteiger partial charge in [-0.25, -0.2) is 19.2 Å². The number of benzene rings is 2. The molecular weight excluding hydrogens is 528 g/mol. The second kappa shape index (κ2) is 18.0. The molecule has 0 spiro atoms. The van der Waals surface area contributed by atoms with Crippen LogP contribution < -0.4 is 9.47 Å². The lowest BCUT2D eigenvalue weighted by atomic mass is 10.1. The van der Waals surface area contributed by atoms with Gasteiger partial charge in [0.1, 0.15) is 29.3 Å². The summed E-state index contributed by atoms with van der Waals surface area (Å²) in [4.78, 5) is 48.7. The molecule has 0 fully saturated rings. The van der Waals surface area contributed by atoms with Crippen LogP contribution in [0.25, 0.3) is 0 Å². The van der Waals surface area contributed by atoms with E-state index in [9.17, 15) is 19.2 Å². The fourth-order valence-electron chi connectivity index (χ4n) is 3.86. The molecule has 41 heavy (non-hydrogen) atoms. The molecule has 2 unspecified atom stereocenters. The van der Waals surface area contributed by atoms with Crippen LogP contribution in [0, 0.1) is 0 Å². The number of carbonyl (C=O) groups is 4. The summed E-state index contributed by atoms with van der Waals surface area (Å²) in [6.07, 6.45) is 5.21. The fraction of sp³-hybridized carbons (Fsp3) is 0.375. The summed E-state index contributed by atoms with van der Waals surface area (Å²) in [5.74, 6) is -2.20. The first-order valence-corrected chi connectivity index (χ1v) is 13.7. The van der Waals surface area contributed by atoms with Crippen molar-refractivity contribution in [1.29, 1.82) is 0 Å². The molecule has 2 aromatic carbocycles. The normalized spacial score (nSPS) is 11.9. The van der Waals surface area contributed by atoms with Crippen molar-refractivity contribution in [3.8, 4) is 11.5 Å². The predicted molar refractivity (Wildman–Crippen MR) is 153 cm³/mol. The molecule has 0 aliphatic carbocycles. The Kier molecular flexibility index (Phi) is 14.4. The Morgan fingerprint density at radius 1 is 0.732 bits per heavy atom. The van der Waals surface area contributed by atoms with E-state index in [1.54, 1.807) is 42.5 Å². The lowest BCUT2D eigenvalue weighted by Gasteiger charge is -2.22. The maximum Gasteiger partial charge on any atom is 0.349 e. The van der Waals surface area contributed by atoms with Gasteiger partial charge in [0.2, 0.25) is 0 Å². The van der Waals surface area contributed by atoms with Crippen LogP contribution in [0.3, 0.4) is 0 Å². The Balaban J connectivity index is 2.30. The third-order valence-corrected chi connectivity index (χ3v) is 5.89. The standard InChI is InChI=1S/C32H38O9/c1-5-12-24(18-20-37-29(33)7-3)39-26-16-17-28(40-25(13-6-2)19-21-38-30(34)8-4)27(22-26)32(36)41-31(35)23-14-10-9-11-15-23/h7-11,14-17,22,24-25H,3-6,12-13,18-21H2,1-2H3. The molecule has 0 aliphatic heterocycles. The first-order valence-electron chi connectivity index (χ1n) is 13.7. The minimum Gasteiger partial charge on any atom is -0.490 e. The van der Waals surface area contributed by atoms with E-state index in [0.717, 1.165) is 25.0 Å². The summed E-state index contributed by atoms with van der Waals surface area (Å²) in [5.41, 5.74) is 0.227. The Hall–Kier alpha value is -4.40. The molecule has 0 radical (unpaired) electrons. The molecule has 0 saturated carbocycles. The van der Waals surface area contributed by atoms with Crippen molar-refractivity contribution in [2.24, 2.45) is 0 Å². The topological polar surface area (TPSA) is 114 Å². The Morgan fingerprint density at radius 3 is 1.83 bits per heavy atom. The summed E-state index contributed by atoms with van der Waals surface area (Å²) >= 11 is 0. The third-order valence-electron chi connectivity index (χ3n) is 5.89.